The van der Waals surface area contributed by atoms with Gasteiger partial charge in [-0.1, -0.05) is 164 Å². The van der Waals surface area contributed by atoms with Crippen molar-refractivity contribution in [3.05, 3.63) is 247 Å². The molecule has 3 aromatic heterocycles. The normalized spacial score (nSPS) is 15.8. The van der Waals surface area contributed by atoms with Crippen molar-refractivity contribution >= 4 is 60.7 Å². The smallest absolute Gasteiger partial charge is 0.135 e. The largest absolute Gasteiger partial charge is 0.456 e. The second-order valence-electron chi connectivity index (χ2n) is 19.0. The van der Waals surface area contributed by atoms with Crippen LogP contribution in [-0.4, -0.2) is 9.13 Å². The minimum Gasteiger partial charge on any atom is -0.456 e. The maximum atomic E-state index is 6.16. The molecule has 0 amide bonds. The molecule has 2 atom stereocenters. The highest BCUT2D eigenvalue weighted by Gasteiger charge is 2.27. The van der Waals surface area contributed by atoms with Gasteiger partial charge < -0.3 is 13.6 Å². The lowest BCUT2D eigenvalue weighted by Gasteiger charge is -2.24. The van der Waals surface area contributed by atoms with E-state index in [1.165, 1.54) is 107 Å². The highest BCUT2D eigenvalue weighted by molar-refractivity contribution is 6.16. The first-order chi connectivity index (χ1) is 34.2. The Labute approximate surface area is 401 Å². The molecule has 69 heavy (non-hydrogen) atoms. The molecule has 2 aliphatic carbocycles. The Balaban J connectivity index is 0.889. The molecule has 3 heteroatoms. The van der Waals surface area contributed by atoms with E-state index >= 15 is 0 Å². The highest BCUT2D eigenvalue weighted by Crippen LogP contribution is 2.45. The second kappa shape index (κ2) is 16.1. The zero-order valence-electron chi connectivity index (χ0n) is 38.2. The number of furan rings is 1. The van der Waals surface area contributed by atoms with Crippen molar-refractivity contribution in [1.29, 1.82) is 0 Å². The summed E-state index contributed by atoms with van der Waals surface area (Å²) in [4.78, 5) is 0. The molecular formula is C66H48N2O. The number of aromatic nitrogens is 2. The SMILES string of the molecule is C1=CC(c2ccc(-c3ccccc3)cc2-n2c3c(c4ccccc42)CC(c2ccc4c(c2)c2c(-c5ccccc5)cccc2n4-c2ccc(-c4ccc5oc6ccccc6c5c4)cc2)C=C3)CCC1. The third-order valence-corrected chi connectivity index (χ3v) is 15.1. The Kier molecular flexibility index (Phi) is 9.30. The van der Waals surface area contributed by atoms with Crippen LogP contribution in [0.2, 0.25) is 0 Å². The van der Waals surface area contributed by atoms with Crippen LogP contribution >= 0.6 is 0 Å². The Hall–Kier alpha value is -8.40. The summed E-state index contributed by atoms with van der Waals surface area (Å²) in [5.74, 6) is 0.603. The summed E-state index contributed by atoms with van der Waals surface area (Å²) in [6.07, 6.45) is 14.2. The average Bonchev–Trinajstić information content (AvgIpc) is 4.08. The standard InChI is InChI=1S/C66H48N2O/c1-4-15-43(16-5-1)50-29-35-52(45-17-6-2-7-18-45)63(42-50)68-59-24-12-10-21-54(59)56-39-48(30-36-60(56)68)49-31-37-61-58(41-49)66-53(46-19-8-3-9-20-46)23-14-25-62(66)67(61)51-33-27-44(28-34-51)47-32-38-65-57(40-47)55-22-11-13-26-64(55)69-65/h1,3-6,8-17,19-38,40-42,45,48H,2,7,18,39H2. The van der Waals surface area contributed by atoms with Gasteiger partial charge in [0.15, 0.2) is 0 Å². The van der Waals surface area contributed by atoms with Crippen LogP contribution in [0.5, 0.6) is 0 Å². The first-order valence-corrected chi connectivity index (χ1v) is 24.5. The van der Waals surface area contributed by atoms with Crippen LogP contribution in [0.15, 0.2) is 229 Å². The monoisotopic (exact) mass is 884 g/mol. The van der Waals surface area contributed by atoms with Gasteiger partial charge in [0.2, 0.25) is 0 Å². The van der Waals surface area contributed by atoms with Gasteiger partial charge in [-0.2, -0.15) is 0 Å². The Bertz CT molecular complexity index is 4010. The van der Waals surface area contributed by atoms with E-state index in [4.69, 9.17) is 4.42 Å². The van der Waals surface area contributed by atoms with Gasteiger partial charge in [0.1, 0.15) is 11.2 Å². The van der Waals surface area contributed by atoms with Crippen molar-refractivity contribution in [3.8, 4) is 44.8 Å². The van der Waals surface area contributed by atoms with E-state index in [-0.39, 0.29) is 5.92 Å². The molecule has 0 fully saturated rings. The predicted octanol–water partition coefficient (Wildman–Crippen LogP) is 17.8. The van der Waals surface area contributed by atoms with E-state index in [0.717, 1.165) is 40.5 Å². The molecule has 0 saturated heterocycles. The maximum Gasteiger partial charge on any atom is 0.135 e. The highest BCUT2D eigenvalue weighted by atomic mass is 16.3. The zero-order valence-corrected chi connectivity index (χ0v) is 38.2. The molecule has 328 valence electrons. The minimum absolute atomic E-state index is 0.212. The molecule has 0 N–H and O–H groups in total. The molecule has 3 heterocycles. The van der Waals surface area contributed by atoms with Crippen LogP contribution in [0.1, 0.15) is 53.5 Å². The molecule has 0 bridgehead atoms. The molecule has 2 aliphatic rings. The molecule has 14 rings (SSSR count). The number of nitrogens with zero attached hydrogens (tertiary/aromatic N) is 2. The minimum atomic E-state index is 0.212. The van der Waals surface area contributed by atoms with Gasteiger partial charge in [0.05, 0.1) is 22.2 Å². The quantitative estimate of drug-likeness (QED) is 0.146. The third-order valence-electron chi connectivity index (χ3n) is 15.1. The Morgan fingerprint density at radius 2 is 1.14 bits per heavy atom. The first-order valence-electron chi connectivity index (χ1n) is 24.5. The number of hydrogen-bond donors (Lipinski definition) is 0. The van der Waals surface area contributed by atoms with E-state index in [1.54, 1.807) is 0 Å². The number of hydrogen-bond acceptors (Lipinski definition) is 1. The van der Waals surface area contributed by atoms with E-state index in [9.17, 15) is 0 Å². The summed E-state index contributed by atoms with van der Waals surface area (Å²) < 4.78 is 11.2. The molecule has 9 aromatic carbocycles. The molecule has 3 nitrogen and oxygen atoms in total. The Morgan fingerprint density at radius 1 is 0.449 bits per heavy atom. The number of rotatable bonds is 7. The van der Waals surface area contributed by atoms with Crippen LogP contribution < -0.4 is 0 Å². The fourth-order valence-corrected chi connectivity index (χ4v) is 11.8. The van der Waals surface area contributed by atoms with E-state index in [2.05, 4.69) is 228 Å². The summed E-state index contributed by atoms with van der Waals surface area (Å²) in [6, 6.07) is 75.9. The van der Waals surface area contributed by atoms with E-state index in [1.807, 2.05) is 12.1 Å². The van der Waals surface area contributed by atoms with E-state index in [0.29, 0.717) is 5.92 Å². The van der Waals surface area contributed by atoms with Gasteiger partial charge in [-0.15, -0.1) is 0 Å². The van der Waals surface area contributed by atoms with Crippen LogP contribution in [0.3, 0.4) is 0 Å². The number of benzene rings is 9. The molecule has 12 aromatic rings. The van der Waals surface area contributed by atoms with Crippen molar-refractivity contribution in [2.45, 2.75) is 37.5 Å². The lowest BCUT2D eigenvalue weighted by atomic mass is 9.85. The van der Waals surface area contributed by atoms with Gasteiger partial charge in [-0.25, -0.2) is 0 Å². The summed E-state index contributed by atoms with van der Waals surface area (Å²) in [6.45, 7) is 0. The van der Waals surface area contributed by atoms with Gasteiger partial charge in [0.25, 0.3) is 0 Å². The molecule has 0 spiro atoms. The molecule has 0 aliphatic heterocycles. The van der Waals surface area contributed by atoms with Crippen LogP contribution in [-0.2, 0) is 6.42 Å². The molecule has 0 saturated carbocycles. The Morgan fingerprint density at radius 3 is 1.99 bits per heavy atom. The fourth-order valence-electron chi connectivity index (χ4n) is 11.8. The third kappa shape index (κ3) is 6.56. The van der Waals surface area contributed by atoms with Crippen LogP contribution in [0.4, 0.5) is 0 Å². The lowest BCUT2D eigenvalue weighted by molar-refractivity contribution is 0.652. The maximum absolute atomic E-state index is 6.16. The van der Waals surface area contributed by atoms with Gasteiger partial charge in [-0.3, -0.25) is 0 Å². The topological polar surface area (TPSA) is 23.0 Å². The second-order valence-corrected chi connectivity index (χ2v) is 19.0. The van der Waals surface area contributed by atoms with Gasteiger partial charge >= 0.3 is 0 Å². The zero-order chi connectivity index (χ0) is 45.4. The van der Waals surface area contributed by atoms with E-state index < -0.39 is 0 Å². The van der Waals surface area contributed by atoms with Crippen LogP contribution in [0, 0.1) is 0 Å². The van der Waals surface area contributed by atoms with Gasteiger partial charge in [-0.05, 0) is 142 Å². The average molecular weight is 885 g/mol. The van der Waals surface area contributed by atoms with Crippen LogP contribution in [0.25, 0.3) is 105 Å². The number of allylic oxidation sites excluding steroid dienone is 3. The molecular weight excluding hydrogens is 837 g/mol. The molecule has 2 unspecified atom stereocenters. The number of fused-ring (bicyclic) bond motifs is 9. The van der Waals surface area contributed by atoms with Crippen molar-refractivity contribution in [2.24, 2.45) is 0 Å². The summed E-state index contributed by atoms with van der Waals surface area (Å²) in [5.41, 5.74) is 20.7. The lowest BCUT2D eigenvalue weighted by Crippen LogP contribution is -2.10. The molecule has 0 radical (unpaired) electrons. The summed E-state index contributed by atoms with van der Waals surface area (Å²) in [5, 5.41) is 6.17. The summed E-state index contributed by atoms with van der Waals surface area (Å²) in [7, 11) is 0. The fraction of sp³-hybridized carbons (Fsp3) is 0.0909. The van der Waals surface area contributed by atoms with Crippen molar-refractivity contribution in [3.63, 3.8) is 0 Å². The number of para-hydroxylation sites is 2. The van der Waals surface area contributed by atoms with Crippen molar-refractivity contribution < 1.29 is 4.42 Å². The predicted molar refractivity (Wildman–Crippen MR) is 289 cm³/mol. The first kappa shape index (κ1) is 39.7. The summed E-state index contributed by atoms with van der Waals surface area (Å²) >= 11 is 0. The van der Waals surface area contributed by atoms with Crippen molar-refractivity contribution in [2.75, 3.05) is 0 Å². The van der Waals surface area contributed by atoms with Crippen molar-refractivity contribution in [1.82, 2.24) is 9.13 Å². The van der Waals surface area contributed by atoms with Gasteiger partial charge in [0, 0.05) is 50.1 Å².